The summed E-state index contributed by atoms with van der Waals surface area (Å²) in [5.74, 6) is -0.0958. The fourth-order valence-corrected chi connectivity index (χ4v) is 2.62. The molecule has 0 N–H and O–H groups in total. The Labute approximate surface area is 132 Å². The number of amides is 1. The predicted octanol–water partition coefficient (Wildman–Crippen LogP) is 3.48. The maximum absolute atomic E-state index is 12.0. The Kier molecular flexibility index (Phi) is 6.52. The summed E-state index contributed by atoms with van der Waals surface area (Å²) in [7, 11) is 0. The van der Waals surface area contributed by atoms with E-state index >= 15 is 0 Å². The summed E-state index contributed by atoms with van der Waals surface area (Å²) in [6.07, 6.45) is 4.46. The van der Waals surface area contributed by atoms with Crippen LogP contribution in [0.2, 0.25) is 0 Å². The highest BCUT2D eigenvalue weighted by molar-refractivity contribution is 5.87. The van der Waals surface area contributed by atoms with E-state index in [1.807, 2.05) is 26.8 Å². The molecule has 0 saturated carbocycles. The Morgan fingerprint density at radius 2 is 2.23 bits per heavy atom. The van der Waals surface area contributed by atoms with Gasteiger partial charge in [-0.25, -0.2) is 0 Å². The first-order valence-corrected chi connectivity index (χ1v) is 7.56. The molecular formula is C18H23N3O. The van der Waals surface area contributed by atoms with E-state index < -0.39 is 0 Å². The molecule has 2 heterocycles. The maximum atomic E-state index is 12.0. The summed E-state index contributed by atoms with van der Waals surface area (Å²) in [6, 6.07) is 3.90. The number of aromatic nitrogens is 1. The number of carbonyl (C=O) groups excluding carboxylic acids is 1. The van der Waals surface area contributed by atoms with Gasteiger partial charge in [-0.2, -0.15) is 5.26 Å². The molecule has 1 amide bonds. The van der Waals surface area contributed by atoms with Gasteiger partial charge < -0.3 is 4.90 Å². The molecule has 1 aromatic heterocycles. The van der Waals surface area contributed by atoms with Crippen molar-refractivity contribution in [3.8, 4) is 6.07 Å². The molecule has 1 aliphatic rings. The van der Waals surface area contributed by atoms with Crippen molar-refractivity contribution in [2.24, 2.45) is 0 Å². The van der Waals surface area contributed by atoms with E-state index in [1.54, 1.807) is 11.0 Å². The molecule has 116 valence electrons. The molecular weight excluding hydrogens is 274 g/mol. The summed E-state index contributed by atoms with van der Waals surface area (Å²) >= 11 is 0. The highest BCUT2D eigenvalue weighted by atomic mass is 16.2. The minimum atomic E-state index is -0.109. The van der Waals surface area contributed by atoms with Crippen molar-refractivity contribution in [1.82, 2.24) is 9.88 Å². The van der Waals surface area contributed by atoms with Gasteiger partial charge >= 0.3 is 0 Å². The van der Waals surface area contributed by atoms with Gasteiger partial charge in [0.1, 0.15) is 6.07 Å². The number of pyridine rings is 1. The Hall–Kier alpha value is -2.41. The topological polar surface area (TPSA) is 57.0 Å². The maximum Gasteiger partial charge on any atom is 0.246 e. The number of aryl methyl sites for hydroxylation is 1. The molecule has 1 aliphatic heterocycles. The Balaban J connectivity index is 0.00000116. The minimum Gasteiger partial charge on any atom is -0.331 e. The molecule has 0 fully saturated rings. The molecule has 0 aromatic carbocycles. The number of rotatable bonds is 3. The number of nitrogens with zero attached hydrogens (tertiary/aromatic N) is 3. The van der Waals surface area contributed by atoms with Crippen molar-refractivity contribution in [1.29, 1.82) is 5.26 Å². The first-order chi connectivity index (χ1) is 10.6. The molecule has 0 aliphatic carbocycles. The summed E-state index contributed by atoms with van der Waals surface area (Å²) in [5, 5.41) is 9.15. The molecule has 0 spiro atoms. The van der Waals surface area contributed by atoms with E-state index in [9.17, 15) is 4.79 Å². The molecule has 0 bridgehead atoms. The van der Waals surface area contributed by atoms with Crippen molar-refractivity contribution < 1.29 is 4.79 Å². The van der Waals surface area contributed by atoms with Crippen LogP contribution in [0.5, 0.6) is 0 Å². The lowest BCUT2D eigenvalue weighted by atomic mass is 9.92. The molecule has 2 rings (SSSR count). The van der Waals surface area contributed by atoms with E-state index in [1.165, 1.54) is 6.08 Å². The number of carbonyl (C=O) groups is 1. The fraction of sp³-hybridized carbons (Fsp3) is 0.389. The molecule has 0 saturated heterocycles. The Morgan fingerprint density at radius 1 is 1.55 bits per heavy atom. The second-order valence-electron chi connectivity index (χ2n) is 4.79. The third kappa shape index (κ3) is 3.43. The van der Waals surface area contributed by atoms with Crippen molar-refractivity contribution in [2.75, 3.05) is 6.54 Å². The van der Waals surface area contributed by atoms with Gasteiger partial charge in [0.2, 0.25) is 5.91 Å². The summed E-state index contributed by atoms with van der Waals surface area (Å²) in [4.78, 5) is 18.3. The highest BCUT2D eigenvalue weighted by Gasteiger charge is 2.30. The van der Waals surface area contributed by atoms with Crippen molar-refractivity contribution in [3.63, 3.8) is 0 Å². The second-order valence-corrected chi connectivity index (χ2v) is 4.79. The van der Waals surface area contributed by atoms with Gasteiger partial charge in [-0.15, -0.1) is 6.58 Å². The number of fused-ring (bicyclic) bond motifs is 1. The molecule has 1 unspecified atom stereocenters. The monoisotopic (exact) mass is 297 g/mol. The molecule has 1 aromatic rings. The van der Waals surface area contributed by atoms with E-state index in [-0.39, 0.29) is 11.9 Å². The zero-order chi connectivity index (χ0) is 16.7. The van der Waals surface area contributed by atoms with Crippen LogP contribution in [-0.4, -0.2) is 22.3 Å². The fourth-order valence-electron chi connectivity index (χ4n) is 2.62. The van der Waals surface area contributed by atoms with Crippen LogP contribution in [0, 0.1) is 18.3 Å². The van der Waals surface area contributed by atoms with E-state index in [4.69, 9.17) is 5.26 Å². The first-order valence-electron chi connectivity index (χ1n) is 7.56. The number of nitriles is 1. The molecule has 4 nitrogen and oxygen atoms in total. The van der Waals surface area contributed by atoms with E-state index in [0.717, 1.165) is 17.0 Å². The van der Waals surface area contributed by atoms with Gasteiger partial charge in [0.25, 0.3) is 0 Å². The quantitative estimate of drug-likeness (QED) is 0.634. The van der Waals surface area contributed by atoms with Gasteiger partial charge in [0.05, 0.1) is 17.3 Å². The Bertz CT molecular complexity index is 613. The average Bonchev–Trinajstić information content (AvgIpc) is 2.56. The van der Waals surface area contributed by atoms with Crippen LogP contribution in [0.25, 0.3) is 0 Å². The molecule has 22 heavy (non-hydrogen) atoms. The van der Waals surface area contributed by atoms with Crippen LogP contribution in [0.4, 0.5) is 0 Å². The smallest absolute Gasteiger partial charge is 0.246 e. The van der Waals surface area contributed by atoms with Gasteiger partial charge in [-0.05, 0) is 31.1 Å². The largest absolute Gasteiger partial charge is 0.331 e. The van der Waals surface area contributed by atoms with Crippen LogP contribution in [0.1, 0.15) is 48.8 Å². The summed E-state index contributed by atoms with van der Waals surface area (Å²) in [6.45, 7) is 13.8. The van der Waals surface area contributed by atoms with Gasteiger partial charge in [-0.1, -0.05) is 26.5 Å². The van der Waals surface area contributed by atoms with Crippen LogP contribution < -0.4 is 0 Å². The average molecular weight is 297 g/mol. The lowest BCUT2D eigenvalue weighted by Crippen LogP contribution is -2.39. The van der Waals surface area contributed by atoms with E-state index in [0.29, 0.717) is 24.9 Å². The lowest BCUT2D eigenvalue weighted by Gasteiger charge is -2.36. The van der Waals surface area contributed by atoms with Gasteiger partial charge in [0, 0.05) is 18.7 Å². The van der Waals surface area contributed by atoms with Gasteiger partial charge in [-0.3, -0.25) is 9.78 Å². The summed E-state index contributed by atoms with van der Waals surface area (Å²) < 4.78 is 0. The Morgan fingerprint density at radius 3 is 2.77 bits per heavy atom. The zero-order valence-electron chi connectivity index (χ0n) is 13.6. The normalized spacial score (nSPS) is 15.7. The minimum absolute atomic E-state index is 0.0958. The van der Waals surface area contributed by atoms with Crippen LogP contribution in [-0.2, 0) is 11.2 Å². The summed E-state index contributed by atoms with van der Waals surface area (Å²) in [5.41, 5.74) is 3.23. The highest BCUT2D eigenvalue weighted by Crippen LogP contribution is 2.33. The third-order valence-corrected chi connectivity index (χ3v) is 3.62. The second kappa shape index (κ2) is 8.14. The number of hydrogen-bond donors (Lipinski definition) is 0. The van der Waals surface area contributed by atoms with Crippen LogP contribution in [0.15, 0.2) is 31.4 Å². The third-order valence-electron chi connectivity index (χ3n) is 3.62. The zero-order valence-corrected chi connectivity index (χ0v) is 13.6. The molecule has 4 heteroatoms. The van der Waals surface area contributed by atoms with E-state index in [2.05, 4.69) is 24.2 Å². The standard InChI is InChI=1S/C16H17N3O.C2H6/c1-4-6-15-13-9-12(10-17)11(3)18-14(13)7-8-19(15)16(20)5-2;1-2/h4-5,9,15H,1-2,6-8H2,3H3;1-2H3. The lowest BCUT2D eigenvalue weighted by molar-refractivity contribution is -0.128. The van der Waals surface area contributed by atoms with Crippen LogP contribution >= 0.6 is 0 Å². The molecule has 1 atom stereocenters. The number of hydrogen-bond acceptors (Lipinski definition) is 3. The SMILES string of the molecule is C=CCC1c2cc(C#N)c(C)nc2CCN1C(=O)C=C.CC. The van der Waals surface area contributed by atoms with Gasteiger partial charge in [0.15, 0.2) is 0 Å². The first kappa shape index (κ1) is 17.6. The van der Waals surface area contributed by atoms with Crippen molar-refractivity contribution >= 4 is 5.91 Å². The van der Waals surface area contributed by atoms with Crippen molar-refractivity contribution in [3.05, 3.63) is 53.9 Å². The molecule has 0 radical (unpaired) electrons. The van der Waals surface area contributed by atoms with Crippen molar-refractivity contribution in [2.45, 2.75) is 39.7 Å². The van der Waals surface area contributed by atoms with Crippen LogP contribution in [0.3, 0.4) is 0 Å². The predicted molar refractivity (Wildman–Crippen MR) is 88.2 cm³/mol.